The molecule has 0 heterocycles. The van der Waals surface area contributed by atoms with Gasteiger partial charge in [-0.2, -0.15) is 0 Å². The highest BCUT2D eigenvalue weighted by Crippen LogP contribution is 2.33. The zero-order valence-electron chi connectivity index (χ0n) is 20.7. The third kappa shape index (κ3) is 6.75. The maximum absolute atomic E-state index is 13.5. The Labute approximate surface area is 215 Å². The van der Waals surface area contributed by atoms with Crippen molar-refractivity contribution < 1.29 is 19.1 Å². The molecule has 3 aromatic rings. The van der Waals surface area contributed by atoms with Crippen molar-refractivity contribution in [1.82, 2.24) is 10.2 Å². The van der Waals surface area contributed by atoms with E-state index in [-0.39, 0.29) is 31.0 Å². The van der Waals surface area contributed by atoms with E-state index in [0.29, 0.717) is 12.2 Å². The van der Waals surface area contributed by atoms with E-state index in [4.69, 9.17) is 9.47 Å². The summed E-state index contributed by atoms with van der Waals surface area (Å²) in [6, 6.07) is 18.7. The molecule has 0 aliphatic carbocycles. The first-order chi connectivity index (χ1) is 16.9. The summed E-state index contributed by atoms with van der Waals surface area (Å²) in [7, 11) is 1.61. The summed E-state index contributed by atoms with van der Waals surface area (Å²) in [5, 5.41) is 5.10. The van der Waals surface area contributed by atoms with Crippen LogP contribution in [0.4, 0.5) is 0 Å². The number of rotatable bonds is 11. The smallest absolute Gasteiger partial charge is 0.261 e. The molecule has 7 heteroatoms. The first kappa shape index (κ1) is 26.5. The standard InChI is InChI=1S/C28H33BrN2O4/c1-5-19(3)30-28(33)24(6-2)31(17-20-11-14-22(34-4)15-12-20)26(32)18-35-25-16-13-21-9-7-8-10-23(21)27(25)29/h7-16,19,24H,5-6,17-18H2,1-4H3,(H,30,33)/t19-,24+/m1/s1. The number of carbonyl (C=O) groups is 2. The predicted molar refractivity (Wildman–Crippen MR) is 143 cm³/mol. The van der Waals surface area contributed by atoms with Crippen LogP contribution in [0, 0.1) is 0 Å². The summed E-state index contributed by atoms with van der Waals surface area (Å²) in [6.07, 6.45) is 1.30. The molecule has 35 heavy (non-hydrogen) atoms. The Balaban J connectivity index is 1.82. The van der Waals surface area contributed by atoms with Gasteiger partial charge in [0.15, 0.2) is 6.61 Å². The molecule has 6 nitrogen and oxygen atoms in total. The number of methoxy groups -OCH3 is 1. The van der Waals surface area contributed by atoms with Gasteiger partial charge in [-0.3, -0.25) is 9.59 Å². The van der Waals surface area contributed by atoms with Gasteiger partial charge in [-0.15, -0.1) is 0 Å². The number of hydrogen-bond donors (Lipinski definition) is 1. The molecule has 0 spiro atoms. The van der Waals surface area contributed by atoms with Crippen LogP contribution >= 0.6 is 15.9 Å². The Bertz CT molecular complexity index is 1150. The predicted octanol–water partition coefficient (Wildman–Crippen LogP) is 5.71. The molecule has 0 aromatic heterocycles. The quantitative estimate of drug-likeness (QED) is 0.338. The van der Waals surface area contributed by atoms with Crippen molar-refractivity contribution >= 4 is 38.5 Å². The van der Waals surface area contributed by atoms with Crippen LogP contribution in [0.2, 0.25) is 0 Å². The summed E-state index contributed by atoms with van der Waals surface area (Å²) in [5.74, 6) is 0.902. The van der Waals surface area contributed by atoms with Crippen molar-refractivity contribution in [3.05, 3.63) is 70.7 Å². The Hall–Kier alpha value is -3.06. The van der Waals surface area contributed by atoms with E-state index >= 15 is 0 Å². The van der Waals surface area contributed by atoms with E-state index in [9.17, 15) is 9.59 Å². The highest BCUT2D eigenvalue weighted by Gasteiger charge is 2.29. The number of ether oxygens (including phenoxy) is 2. The number of hydrogen-bond acceptors (Lipinski definition) is 4. The van der Waals surface area contributed by atoms with Crippen molar-refractivity contribution in [2.75, 3.05) is 13.7 Å². The lowest BCUT2D eigenvalue weighted by Gasteiger charge is -2.31. The molecule has 2 amide bonds. The lowest BCUT2D eigenvalue weighted by molar-refractivity contribution is -0.143. The molecule has 0 fully saturated rings. The molecule has 0 saturated heterocycles. The van der Waals surface area contributed by atoms with Gasteiger partial charge in [0.25, 0.3) is 5.91 Å². The van der Waals surface area contributed by atoms with Crippen LogP contribution in [0.25, 0.3) is 10.8 Å². The van der Waals surface area contributed by atoms with E-state index in [1.165, 1.54) is 0 Å². The van der Waals surface area contributed by atoms with Crippen molar-refractivity contribution in [3.8, 4) is 11.5 Å². The summed E-state index contributed by atoms with van der Waals surface area (Å²) < 4.78 is 12.0. The SMILES string of the molecule is CC[C@@H](C)NC(=O)[C@H](CC)N(Cc1ccc(OC)cc1)C(=O)COc1ccc2ccccc2c1Br. The lowest BCUT2D eigenvalue weighted by Crippen LogP contribution is -2.51. The second-order valence-corrected chi connectivity index (χ2v) is 9.29. The summed E-state index contributed by atoms with van der Waals surface area (Å²) in [6.45, 7) is 6.00. The fourth-order valence-corrected chi connectivity index (χ4v) is 4.44. The maximum Gasteiger partial charge on any atom is 0.261 e. The number of fused-ring (bicyclic) bond motifs is 1. The molecular formula is C28H33BrN2O4. The molecule has 2 atom stereocenters. The molecule has 186 valence electrons. The number of nitrogens with zero attached hydrogens (tertiary/aromatic N) is 1. The third-order valence-electron chi connectivity index (χ3n) is 6.08. The molecule has 0 radical (unpaired) electrons. The lowest BCUT2D eigenvalue weighted by atomic mass is 10.1. The number of halogens is 1. The first-order valence-electron chi connectivity index (χ1n) is 11.9. The van der Waals surface area contributed by atoms with Crippen molar-refractivity contribution in [2.45, 2.75) is 52.2 Å². The van der Waals surface area contributed by atoms with Crippen molar-refractivity contribution in [3.63, 3.8) is 0 Å². The molecule has 0 aliphatic rings. The molecule has 0 unspecified atom stereocenters. The monoisotopic (exact) mass is 540 g/mol. The minimum absolute atomic E-state index is 0.0271. The molecule has 0 bridgehead atoms. The zero-order valence-corrected chi connectivity index (χ0v) is 22.3. The Morgan fingerprint density at radius 1 is 1.00 bits per heavy atom. The average Bonchev–Trinajstić information content (AvgIpc) is 2.88. The largest absolute Gasteiger partial charge is 0.497 e. The van der Waals surface area contributed by atoms with Gasteiger partial charge < -0.3 is 19.7 Å². The van der Waals surface area contributed by atoms with Gasteiger partial charge in [0, 0.05) is 12.6 Å². The topological polar surface area (TPSA) is 67.9 Å². The van der Waals surface area contributed by atoms with E-state index in [0.717, 1.165) is 33.0 Å². The number of benzene rings is 3. The van der Waals surface area contributed by atoms with E-state index in [2.05, 4.69) is 21.2 Å². The second-order valence-electron chi connectivity index (χ2n) is 8.50. The Morgan fingerprint density at radius 2 is 1.71 bits per heavy atom. The Morgan fingerprint density at radius 3 is 2.37 bits per heavy atom. The summed E-state index contributed by atoms with van der Waals surface area (Å²) in [4.78, 5) is 28.1. The Kier molecular flexibility index (Phi) is 9.55. The van der Waals surface area contributed by atoms with Gasteiger partial charge >= 0.3 is 0 Å². The summed E-state index contributed by atoms with van der Waals surface area (Å²) >= 11 is 3.61. The highest BCUT2D eigenvalue weighted by molar-refractivity contribution is 9.10. The number of carbonyl (C=O) groups excluding carboxylic acids is 2. The number of amides is 2. The second kappa shape index (κ2) is 12.6. The molecule has 0 aliphatic heterocycles. The van der Waals surface area contributed by atoms with Gasteiger partial charge in [0.05, 0.1) is 11.6 Å². The number of nitrogens with one attached hydrogen (secondary N) is 1. The minimum Gasteiger partial charge on any atom is -0.497 e. The van der Waals surface area contributed by atoms with Crippen LogP contribution in [-0.4, -0.2) is 42.5 Å². The fraction of sp³-hybridized carbons (Fsp3) is 0.357. The molecule has 0 saturated carbocycles. The van der Waals surface area contributed by atoms with Crippen molar-refractivity contribution in [2.24, 2.45) is 0 Å². The van der Waals surface area contributed by atoms with E-state index in [1.807, 2.05) is 81.4 Å². The van der Waals surface area contributed by atoms with Crippen LogP contribution in [0.5, 0.6) is 11.5 Å². The minimum atomic E-state index is -0.609. The van der Waals surface area contributed by atoms with Crippen LogP contribution in [0.1, 0.15) is 39.2 Å². The van der Waals surface area contributed by atoms with Crippen LogP contribution < -0.4 is 14.8 Å². The molecule has 3 rings (SSSR count). The van der Waals surface area contributed by atoms with Crippen LogP contribution in [0.3, 0.4) is 0 Å². The first-order valence-corrected chi connectivity index (χ1v) is 12.7. The zero-order chi connectivity index (χ0) is 25.4. The molecule has 3 aromatic carbocycles. The van der Waals surface area contributed by atoms with Gasteiger partial charge in [-0.25, -0.2) is 0 Å². The fourth-order valence-electron chi connectivity index (χ4n) is 3.84. The summed E-state index contributed by atoms with van der Waals surface area (Å²) in [5.41, 5.74) is 0.904. The normalized spacial score (nSPS) is 12.6. The van der Waals surface area contributed by atoms with Crippen molar-refractivity contribution in [1.29, 1.82) is 0 Å². The van der Waals surface area contributed by atoms with E-state index in [1.54, 1.807) is 12.0 Å². The van der Waals surface area contributed by atoms with Crippen LogP contribution in [-0.2, 0) is 16.1 Å². The molecule has 1 N–H and O–H groups in total. The van der Waals surface area contributed by atoms with Gasteiger partial charge in [0.2, 0.25) is 5.91 Å². The van der Waals surface area contributed by atoms with Gasteiger partial charge in [-0.05, 0) is 70.2 Å². The average molecular weight is 541 g/mol. The van der Waals surface area contributed by atoms with Crippen LogP contribution in [0.15, 0.2) is 65.1 Å². The van der Waals surface area contributed by atoms with E-state index < -0.39 is 6.04 Å². The van der Waals surface area contributed by atoms with Gasteiger partial charge in [0.1, 0.15) is 17.5 Å². The third-order valence-corrected chi connectivity index (χ3v) is 6.90. The van der Waals surface area contributed by atoms with Gasteiger partial charge in [-0.1, -0.05) is 56.3 Å². The highest BCUT2D eigenvalue weighted by atomic mass is 79.9. The molecular weight excluding hydrogens is 508 g/mol. The maximum atomic E-state index is 13.5.